The predicted octanol–water partition coefficient (Wildman–Crippen LogP) is 0.484. The molecule has 4 rings (SSSR count). The normalized spacial score (nSPS) is 27.6. The predicted molar refractivity (Wildman–Crippen MR) is 88.3 cm³/mol. The second-order valence-corrected chi connectivity index (χ2v) is 7.07. The summed E-state index contributed by atoms with van der Waals surface area (Å²) in [5.41, 5.74) is 1.00. The summed E-state index contributed by atoms with van der Waals surface area (Å²) >= 11 is 0. The highest BCUT2D eigenvalue weighted by Gasteiger charge is 2.42. The Balaban J connectivity index is 1.37. The quantitative estimate of drug-likeness (QED) is 0.813. The Morgan fingerprint density at radius 3 is 2.12 bits per heavy atom. The van der Waals surface area contributed by atoms with E-state index < -0.39 is 6.09 Å². The van der Waals surface area contributed by atoms with Crippen molar-refractivity contribution in [2.45, 2.75) is 18.9 Å². The van der Waals surface area contributed by atoms with Crippen LogP contribution in [0.25, 0.3) is 0 Å². The monoisotopic (exact) mass is 333 g/mol. The molecule has 0 radical (unpaired) electrons. The molecule has 1 amide bonds. The molecule has 1 aromatic rings. The molecular weight excluding hydrogens is 310 g/mol. The number of aliphatic hydroxyl groups is 1. The van der Waals surface area contributed by atoms with Crippen LogP contribution in [0.3, 0.4) is 0 Å². The summed E-state index contributed by atoms with van der Waals surface area (Å²) in [6.45, 7) is 4.55. The highest BCUT2D eigenvalue weighted by atomic mass is 16.4. The summed E-state index contributed by atoms with van der Waals surface area (Å²) in [6, 6.07) is 0. The van der Waals surface area contributed by atoms with Gasteiger partial charge in [0.1, 0.15) is 0 Å². The van der Waals surface area contributed by atoms with E-state index in [-0.39, 0.29) is 6.10 Å². The third-order valence-electron chi connectivity index (χ3n) is 5.49. The molecule has 8 heteroatoms. The van der Waals surface area contributed by atoms with Gasteiger partial charge in [-0.2, -0.15) is 0 Å². The summed E-state index contributed by atoms with van der Waals surface area (Å²) < 4.78 is 0. The first kappa shape index (κ1) is 15.4. The van der Waals surface area contributed by atoms with Crippen LogP contribution in [-0.4, -0.2) is 76.5 Å². The molecule has 3 aliphatic rings. The minimum Gasteiger partial charge on any atom is -0.465 e. The summed E-state index contributed by atoms with van der Waals surface area (Å²) in [4.78, 5) is 26.0. The van der Waals surface area contributed by atoms with E-state index in [0.717, 1.165) is 50.7 Å². The third kappa shape index (κ3) is 2.86. The fraction of sp³-hybridized carbons (Fsp3) is 0.688. The van der Waals surface area contributed by atoms with E-state index in [0.29, 0.717) is 24.9 Å². The zero-order valence-electron chi connectivity index (χ0n) is 13.6. The number of anilines is 2. The van der Waals surface area contributed by atoms with E-state index in [2.05, 4.69) is 19.8 Å². The van der Waals surface area contributed by atoms with Gasteiger partial charge in [-0.3, -0.25) is 0 Å². The maximum Gasteiger partial charge on any atom is 0.407 e. The van der Waals surface area contributed by atoms with Crippen molar-refractivity contribution in [3.8, 4) is 0 Å². The van der Waals surface area contributed by atoms with Crippen molar-refractivity contribution in [3.63, 3.8) is 0 Å². The minimum atomic E-state index is -0.816. The van der Waals surface area contributed by atoms with Crippen molar-refractivity contribution in [1.29, 1.82) is 0 Å². The fourth-order valence-corrected chi connectivity index (χ4v) is 4.08. The lowest BCUT2D eigenvalue weighted by Crippen LogP contribution is -2.36. The highest BCUT2D eigenvalue weighted by Crippen LogP contribution is 2.33. The lowest BCUT2D eigenvalue weighted by atomic mass is 10.0. The largest absolute Gasteiger partial charge is 0.465 e. The Hall–Kier alpha value is -2.09. The molecule has 0 bridgehead atoms. The molecule has 3 fully saturated rings. The van der Waals surface area contributed by atoms with Gasteiger partial charge in [0.25, 0.3) is 0 Å². The molecular formula is C16H23N5O3. The molecule has 2 atom stereocenters. The molecule has 1 aromatic heterocycles. The zero-order valence-corrected chi connectivity index (χ0v) is 13.6. The molecule has 0 spiro atoms. The van der Waals surface area contributed by atoms with Crippen molar-refractivity contribution >= 4 is 17.7 Å². The van der Waals surface area contributed by atoms with Gasteiger partial charge in [0.15, 0.2) is 0 Å². The lowest BCUT2D eigenvalue weighted by Gasteiger charge is -2.31. The van der Waals surface area contributed by atoms with E-state index in [1.54, 1.807) is 0 Å². The molecule has 24 heavy (non-hydrogen) atoms. The first-order valence-electron chi connectivity index (χ1n) is 8.58. The molecule has 3 saturated heterocycles. The van der Waals surface area contributed by atoms with Crippen LogP contribution >= 0.6 is 0 Å². The molecule has 0 saturated carbocycles. The highest BCUT2D eigenvalue weighted by molar-refractivity contribution is 5.65. The summed E-state index contributed by atoms with van der Waals surface area (Å²) in [5, 5.41) is 18.7. The molecule has 0 aliphatic carbocycles. The van der Waals surface area contributed by atoms with Crippen molar-refractivity contribution in [3.05, 3.63) is 12.4 Å². The van der Waals surface area contributed by atoms with E-state index in [4.69, 9.17) is 5.11 Å². The Kier molecular flexibility index (Phi) is 3.91. The van der Waals surface area contributed by atoms with E-state index in [1.165, 1.54) is 4.90 Å². The second kappa shape index (κ2) is 6.08. The van der Waals surface area contributed by atoms with Crippen LogP contribution < -0.4 is 9.80 Å². The minimum absolute atomic E-state index is 0.184. The number of piperidine rings is 1. The first-order valence-corrected chi connectivity index (χ1v) is 8.58. The van der Waals surface area contributed by atoms with Crippen LogP contribution in [0, 0.1) is 11.8 Å². The Bertz CT molecular complexity index is 588. The number of aromatic nitrogens is 2. The SMILES string of the molecule is O=C(O)N1CC2CN(c3ncc(N4CCC(O)CC4)cn3)CC2C1. The second-order valence-electron chi connectivity index (χ2n) is 7.07. The number of rotatable bonds is 2. The molecule has 2 N–H and O–H groups in total. The van der Waals surface area contributed by atoms with Gasteiger partial charge in [0.05, 0.1) is 24.2 Å². The Morgan fingerprint density at radius 1 is 1.00 bits per heavy atom. The number of hydrogen-bond acceptors (Lipinski definition) is 6. The van der Waals surface area contributed by atoms with Crippen LogP contribution in [0.1, 0.15) is 12.8 Å². The maximum atomic E-state index is 11.1. The van der Waals surface area contributed by atoms with Crippen LogP contribution in [0.15, 0.2) is 12.4 Å². The summed E-state index contributed by atoms with van der Waals surface area (Å²) in [6.07, 6.45) is 4.29. The van der Waals surface area contributed by atoms with Crippen molar-refractivity contribution in [2.75, 3.05) is 49.1 Å². The van der Waals surface area contributed by atoms with Crippen molar-refractivity contribution < 1.29 is 15.0 Å². The smallest absolute Gasteiger partial charge is 0.407 e. The lowest BCUT2D eigenvalue weighted by molar-refractivity contribution is 0.145. The van der Waals surface area contributed by atoms with Crippen molar-refractivity contribution in [2.24, 2.45) is 11.8 Å². The Morgan fingerprint density at radius 2 is 1.58 bits per heavy atom. The van der Waals surface area contributed by atoms with Gasteiger partial charge in [-0.1, -0.05) is 0 Å². The number of nitrogens with zero attached hydrogens (tertiary/aromatic N) is 5. The standard InChI is InChI=1S/C16H23N5O3/c22-14-1-3-19(4-2-14)13-5-17-15(18-6-13)20-7-11-9-21(16(23)24)10-12(11)8-20/h5-6,11-12,14,22H,1-4,7-10H2,(H,23,24). The molecule has 4 heterocycles. The van der Waals surface area contributed by atoms with Gasteiger partial charge in [0.2, 0.25) is 5.95 Å². The van der Waals surface area contributed by atoms with Gasteiger partial charge in [-0.15, -0.1) is 0 Å². The average Bonchev–Trinajstić information content (AvgIpc) is 3.15. The third-order valence-corrected chi connectivity index (χ3v) is 5.49. The van der Waals surface area contributed by atoms with E-state index in [1.807, 2.05) is 12.4 Å². The van der Waals surface area contributed by atoms with Crippen LogP contribution in [0.2, 0.25) is 0 Å². The van der Waals surface area contributed by atoms with Gasteiger partial charge < -0.3 is 24.9 Å². The van der Waals surface area contributed by atoms with E-state index >= 15 is 0 Å². The van der Waals surface area contributed by atoms with Gasteiger partial charge in [-0.05, 0) is 12.8 Å². The Labute approximate surface area is 140 Å². The molecule has 3 aliphatic heterocycles. The number of carboxylic acid groups (broad SMARTS) is 1. The van der Waals surface area contributed by atoms with Gasteiger partial charge in [-0.25, -0.2) is 14.8 Å². The van der Waals surface area contributed by atoms with Gasteiger partial charge >= 0.3 is 6.09 Å². The molecule has 0 aromatic carbocycles. The fourth-order valence-electron chi connectivity index (χ4n) is 4.08. The van der Waals surface area contributed by atoms with Crippen LogP contribution in [0.4, 0.5) is 16.4 Å². The first-order chi connectivity index (χ1) is 11.6. The number of carbonyl (C=O) groups is 1. The van der Waals surface area contributed by atoms with Crippen LogP contribution in [-0.2, 0) is 0 Å². The molecule has 130 valence electrons. The molecule has 2 unspecified atom stereocenters. The van der Waals surface area contributed by atoms with E-state index in [9.17, 15) is 9.90 Å². The van der Waals surface area contributed by atoms with Crippen molar-refractivity contribution in [1.82, 2.24) is 14.9 Å². The summed E-state index contributed by atoms with van der Waals surface area (Å²) in [5.74, 6) is 1.49. The number of hydrogen-bond donors (Lipinski definition) is 2. The average molecular weight is 333 g/mol. The maximum absolute atomic E-state index is 11.1. The zero-order chi connectivity index (χ0) is 16.7. The number of fused-ring (bicyclic) bond motifs is 1. The number of likely N-dealkylation sites (tertiary alicyclic amines) is 1. The van der Waals surface area contributed by atoms with Crippen LogP contribution in [0.5, 0.6) is 0 Å². The van der Waals surface area contributed by atoms with Gasteiger partial charge in [0, 0.05) is 51.1 Å². The summed E-state index contributed by atoms with van der Waals surface area (Å²) in [7, 11) is 0. The number of aliphatic hydroxyl groups excluding tert-OH is 1. The topological polar surface area (TPSA) is 93.0 Å². The molecule has 8 nitrogen and oxygen atoms in total. The number of amides is 1.